The number of halogens is 1. The minimum atomic E-state index is -1.16. The van der Waals surface area contributed by atoms with Crippen molar-refractivity contribution in [2.45, 2.75) is 26.8 Å². The number of ether oxygens (including phenoxy) is 3. The number of aromatic carboxylic acids is 1. The van der Waals surface area contributed by atoms with E-state index in [0.717, 1.165) is 11.3 Å². The molecule has 1 aliphatic heterocycles. The first-order valence-corrected chi connectivity index (χ1v) is 16.7. The van der Waals surface area contributed by atoms with Gasteiger partial charge in [-0.1, -0.05) is 59.3 Å². The molecule has 0 fully saturated rings. The third-order valence-corrected chi connectivity index (χ3v) is 8.95. The molecule has 10 nitrogen and oxygen atoms in total. The first-order chi connectivity index (χ1) is 23.7. The van der Waals surface area contributed by atoms with Crippen molar-refractivity contribution in [1.82, 2.24) is 4.57 Å². The largest absolute Gasteiger partial charge is 0.490 e. The maximum atomic E-state index is 14.3. The first kappa shape index (κ1) is 33.5. The number of hydrogen-bond donors (Lipinski definition) is 1. The Hall–Kier alpha value is -5.39. The Morgan fingerprint density at radius 2 is 1.69 bits per heavy atom. The number of fused-ring (bicyclic) bond motifs is 1. The minimum absolute atomic E-state index is 0.0566. The summed E-state index contributed by atoms with van der Waals surface area (Å²) in [5.41, 5.74) is 1.93. The number of carbonyl (C=O) groups excluding carboxylic acids is 1. The Morgan fingerprint density at radius 1 is 0.939 bits per heavy atom. The summed E-state index contributed by atoms with van der Waals surface area (Å²) in [6, 6.07) is 21.6. The number of carboxylic acids is 1. The van der Waals surface area contributed by atoms with Crippen LogP contribution in [0.5, 0.6) is 11.5 Å². The van der Waals surface area contributed by atoms with E-state index < -0.39 is 23.5 Å². The second-order valence-corrected chi connectivity index (χ2v) is 12.1. The zero-order valence-corrected chi connectivity index (χ0v) is 28.3. The molecule has 1 atom stereocenters. The second-order valence-electron chi connectivity index (χ2n) is 10.7. The standard InChI is InChI=1S/C37H31ClN2O8S/c1-4-45-28-16-13-23(19-29(28)46-5-2)33-31(36(44)47-6-3)32(21-10-8-7-9-11-21)39-37-40(33)34(41)30(49-37)20-24-14-17-27(48-24)22-12-15-26(38)25(18-22)35(42)43/h7-20,33H,4-6H2,1-3H3,(H,42,43)/b30-20+/t33-/m0/s1. The third-order valence-electron chi connectivity index (χ3n) is 7.64. The molecule has 12 heteroatoms. The van der Waals surface area contributed by atoms with Gasteiger partial charge in [0.15, 0.2) is 16.3 Å². The molecular weight excluding hydrogens is 668 g/mol. The van der Waals surface area contributed by atoms with E-state index in [1.165, 1.54) is 16.7 Å². The molecule has 0 unspecified atom stereocenters. The molecule has 0 radical (unpaired) electrons. The summed E-state index contributed by atoms with van der Waals surface area (Å²) in [5.74, 6) is 0.000942. The van der Waals surface area contributed by atoms with Crippen molar-refractivity contribution in [3.8, 4) is 22.8 Å². The molecule has 0 amide bonds. The van der Waals surface area contributed by atoms with Crippen LogP contribution in [0.25, 0.3) is 23.1 Å². The van der Waals surface area contributed by atoms with E-state index in [1.807, 2.05) is 44.2 Å². The van der Waals surface area contributed by atoms with Crippen molar-refractivity contribution >= 4 is 46.6 Å². The van der Waals surface area contributed by atoms with E-state index in [2.05, 4.69) is 0 Å². The van der Waals surface area contributed by atoms with Gasteiger partial charge in [-0.05, 0) is 68.8 Å². The van der Waals surface area contributed by atoms with Gasteiger partial charge >= 0.3 is 11.9 Å². The number of furan rings is 1. The lowest BCUT2D eigenvalue weighted by molar-refractivity contribution is -0.138. The van der Waals surface area contributed by atoms with Crippen LogP contribution >= 0.6 is 22.9 Å². The average molecular weight is 699 g/mol. The number of carboxylic acid groups (broad SMARTS) is 1. The Balaban J connectivity index is 1.55. The number of hydrogen-bond acceptors (Lipinski definition) is 9. The predicted octanol–water partition coefficient (Wildman–Crippen LogP) is 6.34. The van der Waals surface area contributed by atoms with Crippen LogP contribution in [0.4, 0.5) is 0 Å². The summed E-state index contributed by atoms with van der Waals surface area (Å²) in [6.45, 7) is 6.38. The Morgan fingerprint density at radius 3 is 2.41 bits per heavy atom. The van der Waals surface area contributed by atoms with E-state index in [-0.39, 0.29) is 22.8 Å². The number of aromatic nitrogens is 1. The van der Waals surface area contributed by atoms with Gasteiger partial charge in [-0.2, -0.15) is 0 Å². The van der Waals surface area contributed by atoms with E-state index in [4.69, 9.17) is 35.2 Å². The van der Waals surface area contributed by atoms with Crippen LogP contribution < -0.4 is 24.4 Å². The smallest absolute Gasteiger partial charge is 0.338 e. The monoisotopic (exact) mass is 698 g/mol. The number of nitrogens with zero attached hydrogens (tertiary/aromatic N) is 2. The summed E-state index contributed by atoms with van der Waals surface area (Å²) in [4.78, 5) is 45.0. The van der Waals surface area contributed by atoms with Crippen LogP contribution in [-0.4, -0.2) is 41.4 Å². The highest BCUT2D eigenvalue weighted by atomic mass is 35.5. The van der Waals surface area contributed by atoms with Gasteiger partial charge in [0.1, 0.15) is 11.5 Å². The van der Waals surface area contributed by atoms with E-state index in [1.54, 1.807) is 49.4 Å². The number of benzene rings is 3. The van der Waals surface area contributed by atoms with Crippen molar-refractivity contribution in [3.63, 3.8) is 0 Å². The molecule has 3 heterocycles. The lowest BCUT2D eigenvalue weighted by Crippen LogP contribution is -2.40. The second kappa shape index (κ2) is 14.4. The molecule has 0 saturated carbocycles. The minimum Gasteiger partial charge on any atom is -0.490 e. The quantitative estimate of drug-likeness (QED) is 0.158. The molecule has 0 aliphatic carbocycles. The van der Waals surface area contributed by atoms with E-state index in [0.29, 0.717) is 68.0 Å². The summed E-state index contributed by atoms with van der Waals surface area (Å²) < 4.78 is 25.1. The van der Waals surface area contributed by atoms with Gasteiger partial charge in [-0.3, -0.25) is 9.36 Å². The van der Waals surface area contributed by atoms with Gasteiger partial charge in [-0.15, -0.1) is 0 Å². The normalized spacial score (nSPS) is 14.3. The fourth-order valence-corrected chi connectivity index (χ4v) is 6.73. The van der Waals surface area contributed by atoms with Crippen LogP contribution in [0.1, 0.15) is 54.1 Å². The van der Waals surface area contributed by atoms with Gasteiger partial charge in [0, 0.05) is 17.2 Å². The van der Waals surface area contributed by atoms with E-state index in [9.17, 15) is 19.5 Å². The molecule has 0 saturated heterocycles. The summed E-state index contributed by atoms with van der Waals surface area (Å²) in [7, 11) is 0. The molecule has 2 aromatic heterocycles. The Labute approximate surface area is 289 Å². The van der Waals surface area contributed by atoms with Crippen molar-refractivity contribution < 1.29 is 33.3 Å². The van der Waals surface area contributed by atoms with Crippen molar-refractivity contribution in [3.05, 3.63) is 132 Å². The predicted molar refractivity (Wildman–Crippen MR) is 186 cm³/mol. The van der Waals surface area contributed by atoms with Gasteiger partial charge in [0.05, 0.1) is 52.3 Å². The summed E-state index contributed by atoms with van der Waals surface area (Å²) >= 11 is 7.20. The fraction of sp³-hybridized carbons (Fsp3) is 0.189. The molecule has 1 aliphatic rings. The van der Waals surface area contributed by atoms with Crippen LogP contribution in [0.15, 0.2) is 98.6 Å². The topological polar surface area (TPSA) is 130 Å². The Bertz CT molecular complexity index is 2270. The maximum Gasteiger partial charge on any atom is 0.338 e. The summed E-state index contributed by atoms with van der Waals surface area (Å²) in [6.07, 6.45) is 1.60. The van der Waals surface area contributed by atoms with Crippen LogP contribution in [0, 0.1) is 0 Å². The van der Waals surface area contributed by atoms with Crippen LogP contribution in [0.2, 0.25) is 5.02 Å². The molecule has 0 spiro atoms. The summed E-state index contributed by atoms with van der Waals surface area (Å²) in [5, 5.41) is 9.60. The maximum absolute atomic E-state index is 14.3. The molecule has 5 aromatic rings. The zero-order chi connectivity index (χ0) is 34.7. The SMILES string of the molecule is CCOC(=O)C1=C(c2ccccc2)N=c2s/c(=C/c3ccc(-c4ccc(Cl)c(C(=O)O)c4)o3)c(=O)n2[C@H]1c1ccc(OCC)c(OCC)c1. The number of carbonyl (C=O) groups is 2. The molecule has 250 valence electrons. The van der Waals surface area contributed by atoms with E-state index >= 15 is 0 Å². The van der Waals surface area contributed by atoms with Crippen LogP contribution in [0.3, 0.4) is 0 Å². The zero-order valence-electron chi connectivity index (χ0n) is 26.8. The fourth-order valence-electron chi connectivity index (χ4n) is 5.55. The van der Waals surface area contributed by atoms with Crippen LogP contribution in [-0.2, 0) is 9.53 Å². The third kappa shape index (κ3) is 6.67. The number of esters is 1. The molecule has 1 N–H and O–H groups in total. The molecular formula is C37H31ClN2O8S. The lowest BCUT2D eigenvalue weighted by atomic mass is 9.93. The highest BCUT2D eigenvalue weighted by Crippen LogP contribution is 2.39. The first-order valence-electron chi connectivity index (χ1n) is 15.5. The van der Waals surface area contributed by atoms with Crippen molar-refractivity contribution in [1.29, 1.82) is 0 Å². The highest BCUT2D eigenvalue weighted by molar-refractivity contribution is 7.07. The highest BCUT2D eigenvalue weighted by Gasteiger charge is 2.35. The molecule has 0 bridgehead atoms. The van der Waals surface area contributed by atoms with Gasteiger partial charge < -0.3 is 23.7 Å². The number of thiazole rings is 1. The Kier molecular flexibility index (Phi) is 9.84. The number of rotatable bonds is 11. The molecule has 6 rings (SSSR count). The van der Waals surface area contributed by atoms with Crippen molar-refractivity contribution in [2.75, 3.05) is 19.8 Å². The molecule has 3 aromatic carbocycles. The lowest BCUT2D eigenvalue weighted by Gasteiger charge is -2.26. The van der Waals surface area contributed by atoms with Gasteiger partial charge in [0.2, 0.25) is 0 Å². The van der Waals surface area contributed by atoms with Gasteiger partial charge in [-0.25, -0.2) is 14.6 Å². The average Bonchev–Trinajstić information content (AvgIpc) is 3.69. The van der Waals surface area contributed by atoms with Gasteiger partial charge in [0.25, 0.3) is 5.56 Å². The molecule has 49 heavy (non-hydrogen) atoms. The van der Waals surface area contributed by atoms with Crippen molar-refractivity contribution in [2.24, 2.45) is 4.99 Å².